The number of urea groups is 1. The number of piperidine rings is 1. The topological polar surface area (TPSA) is 78.5 Å². The van der Waals surface area contributed by atoms with Crippen LogP contribution in [0.3, 0.4) is 0 Å². The van der Waals surface area contributed by atoms with Crippen molar-refractivity contribution in [2.45, 2.75) is 36.1 Å². The maximum Gasteiger partial charge on any atom is 0.317 e. The largest absolute Gasteiger partial charge is 0.331 e. The maximum absolute atomic E-state index is 12.4. The second-order valence-electron chi connectivity index (χ2n) is 6.40. The Morgan fingerprint density at radius 2 is 1.85 bits per heavy atom. The highest BCUT2D eigenvalue weighted by atomic mass is 32.2. The molecule has 0 radical (unpaired) electrons. The predicted octanol–water partition coefficient (Wildman–Crippen LogP) is 2.96. The van der Waals surface area contributed by atoms with Gasteiger partial charge >= 0.3 is 6.03 Å². The van der Waals surface area contributed by atoms with Crippen molar-refractivity contribution in [3.05, 3.63) is 53.4 Å². The van der Waals surface area contributed by atoms with E-state index in [1.807, 2.05) is 37.3 Å². The van der Waals surface area contributed by atoms with Crippen molar-refractivity contribution >= 4 is 27.4 Å². The summed E-state index contributed by atoms with van der Waals surface area (Å²) >= 11 is 1.20. The third-order valence-electron chi connectivity index (χ3n) is 4.50. The molecule has 3 rings (SSSR count). The first kappa shape index (κ1) is 18.9. The molecule has 0 spiro atoms. The minimum atomic E-state index is -3.46. The number of rotatable bonds is 5. The maximum atomic E-state index is 12.4. The van der Waals surface area contributed by atoms with Gasteiger partial charge in [-0.3, -0.25) is 0 Å². The molecule has 2 N–H and O–H groups in total. The van der Waals surface area contributed by atoms with Crippen LogP contribution in [0.1, 0.15) is 31.4 Å². The average Bonchev–Trinajstić information content (AvgIpc) is 3.18. The molecule has 8 heteroatoms. The van der Waals surface area contributed by atoms with Crippen molar-refractivity contribution in [1.29, 1.82) is 0 Å². The van der Waals surface area contributed by atoms with Crippen molar-refractivity contribution in [1.82, 2.24) is 14.9 Å². The van der Waals surface area contributed by atoms with Gasteiger partial charge in [-0.25, -0.2) is 17.9 Å². The molecule has 1 aromatic carbocycles. The molecule has 0 saturated carbocycles. The average molecular weight is 394 g/mol. The summed E-state index contributed by atoms with van der Waals surface area (Å²) in [6, 6.07) is 12.8. The molecule has 0 bridgehead atoms. The first-order chi connectivity index (χ1) is 12.5. The van der Waals surface area contributed by atoms with Crippen molar-refractivity contribution < 1.29 is 13.2 Å². The minimum Gasteiger partial charge on any atom is -0.331 e. The van der Waals surface area contributed by atoms with Crippen molar-refractivity contribution in [2.75, 3.05) is 13.1 Å². The fraction of sp³-hybridized carbons (Fsp3) is 0.389. The first-order valence-corrected chi connectivity index (χ1v) is 11.0. The lowest BCUT2D eigenvalue weighted by Gasteiger charge is -2.33. The Bertz CT molecular complexity index is 815. The van der Waals surface area contributed by atoms with Crippen LogP contribution in [-0.4, -0.2) is 38.5 Å². The molecule has 140 valence electrons. The summed E-state index contributed by atoms with van der Waals surface area (Å²) < 4.78 is 27.6. The van der Waals surface area contributed by atoms with Gasteiger partial charge in [-0.15, -0.1) is 11.3 Å². The fourth-order valence-corrected chi connectivity index (χ4v) is 5.31. The lowest BCUT2D eigenvalue weighted by molar-refractivity contribution is 0.177. The number of hydrogen-bond acceptors (Lipinski definition) is 4. The molecule has 1 atom stereocenters. The monoisotopic (exact) mass is 393 g/mol. The highest BCUT2D eigenvalue weighted by molar-refractivity contribution is 7.91. The number of amides is 2. The summed E-state index contributed by atoms with van der Waals surface area (Å²) in [7, 11) is -3.46. The lowest BCUT2D eigenvalue weighted by atomic mass is 10.1. The summed E-state index contributed by atoms with van der Waals surface area (Å²) in [6.45, 7) is 3.02. The number of hydrogen-bond donors (Lipinski definition) is 2. The lowest BCUT2D eigenvalue weighted by Crippen LogP contribution is -2.49. The fourth-order valence-electron chi connectivity index (χ4n) is 3.00. The van der Waals surface area contributed by atoms with Gasteiger partial charge in [0.05, 0.1) is 6.04 Å². The molecular formula is C18H23N3O3S2. The molecule has 1 unspecified atom stereocenters. The van der Waals surface area contributed by atoms with Crippen molar-refractivity contribution in [2.24, 2.45) is 0 Å². The van der Waals surface area contributed by atoms with E-state index in [2.05, 4.69) is 10.0 Å². The Labute approximate surface area is 158 Å². The van der Waals surface area contributed by atoms with Crippen LogP contribution >= 0.6 is 11.3 Å². The summed E-state index contributed by atoms with van der Waals surface area (Å²) in [6.07, 6.45) is 1.22. The van der Waals surface area contributed by atoms with Crippen LogP contribution < -0.4 is 10.0 Å². The van der Waals surface area contributed by atoms with E-state index in [0.29, 0.717) is 30.1 Å². The van der Waals surface area contributed by atoms with E-state index in [9.17, 15) is 13.2 Å². The molecule has 1 aliphatic heterocycles. The third-order valence-corrected chi connectivity index (χ3v) is 7.42. The van der Waals surface area contributed by atoms with E-state index >= 15 is 0 Å². The SMILES string of the molecule is CC(NC(=O)N1CCC(NS(=O)(=O)c2cccs2)CC1)c1ccccc1. The zero-order chi connectivity index (χ0) is 18.6. The number of likely N-dealkylation sites (tertiary alicyclic amines) is 1. The predicted molar refractivity (Wildman–Crippen MR) is 103 cm³/mol. The zero-order valence-corrected chi connectivity index (χ0v) is 16.2. The van der Waals surface area contributed by atoms with Crippen LogP contribution in [0.5, 0.6) is 0 Å². The highest BCUT2D eigenvalue weighted by Crippen LogP contribution is 2.19. The number of nitrogens with one attached hydrogen (secondary N) is 2. The number of thiophene rings is 1. The van der Waals surface area contributed by atoms with Crippen LogP contribution in [0.15, 0.2) is 52.1 Å². The van der Waals surface area contributed by atoms with Gasteiger partial charge in [0.15, 0.2) is 0 Å². The molecule has 1 aromatic heterocycles. The summed E-state index contributed by atoms with van der Waals surface area (Å²) in [5.41, 5.74) is 1.06. The molecule has 1 aliphatic rings. The standard InChI is InChI=1S/C18H23N3O3S2/c1-14(15-6-3-2-4-7-15)19-18(22)21-11-9-16(10-12-21)20-26(23,24)17-8-5-13-25-17/h2-8,13-14,16,20H,9-12H2,1H3,(H,19,22). The van der Waals surface area contributed by atoms with Gasteiger partial charge in [-0.2, -0.15) is 0 Å². The van der Waals surface area contributed by atoms with Gasteiger partial charge < -0.3 is 10.2 Å². The van der Waals surface area contributed by atoms with Crippen molar-refractivity contribution in [3.8, 4) is 0 Å². The Kier molecular flexibility index (Phi) is 5.95. The Hall–Kier alpha value is -1.90. The molecule has 26 heavy (non-hydrogen) atoms. The smallest absolute Gasteiger partial charge is 0.317 e. The van der Waals surface area contributed by atoms with Gasteiger partial charge in [0.1, 0.15) is 4.21 Å². The number of carbonyl (C=O) groups is 1. The number of benzene rings is 1. The van der Waals surface area contributed by atoms with Crippen LogP contribution in [0.4, 0.5) is 4.79 Å². The van der Waals surface area contributed by atoms with Crippen LogP contribution in [0, 0.1) is 0 Å². The second kappa shape index (κ2) is 8.20. The Balaban J connectivity index is 1.50. The van der Waals surface area contributed by atoms with Crippen molar-refractivity contribution in [3.63, 3.8) is 0 Å². The molecule has 1 saturated heterocycles. The zero-order valence-electron chi connectivity index (χ0n) is 14.6. The molecule has 2 amide bonds. The van der Waals surface area contributed by atoms with E-state index in [1.54, 1.807) is 22.4 Å². The number of carbonyl (C=O) groups excluding carboxylic acids is 1. The van der Waals surface area contributed by atoms with E-state index in [0.717, 1.165) is 5.56 Å². The molecule has 0 aliphatic carbocycles. The summed E-state index contributed by atoms with van der Waals surface area (Å²) in [5, 5.41) is 4.75. The molecule has 2 aromatic rings. The summed E-state index contributed by atoms with van der Waals surface area (Å²) in [4.78, 5) is 14.2. The van der Waals surface area contributed by atoms with Crippen LogP contribution in [0.2, 0.25) is 0 Å². The molecule has 1 fully saturated rings. The van der Waals surface area contributed by atoms with Gasteiger partial charge in [-0.1, -0.05) is 36.4 Å². The quantitative estimate of drug-likeness (QED) is 0.820. The molecular weight excluding hydrogens is 370 g/mol. The van der Waals surface area contributed by atoms with E-state index < -0.39 is 10.0 Å². The van der Waals surface area contributed by atoms with Gasteiger partial charge in [0.2, 0.25) is 10.0 Å². The Morgan fingerprint density at radius 1 is 1.15 bits per heavy atom. The van der Waals surface area contributed by atoms with E-state index in [-0.39, 0.29) is 18.1 Å². The van der Waals surface area contributed by atoms with E-state index in [1.165, 1.54) is 11.3 Å². The van der Waals surface area contributed by atoms with Crippen LogP contribution in [0.25, 0.3) is 0 Å². The van der Waals surface area contributed by atoms with Gasteiger partial charge in [0, 0.05) is 19.1 Å². The minimum absolute atomic E-state index is 0.0706. The first-order valence-electron chi connectivity index (χ1n) is 8.62. The number of sulfonamides is 1. The Morgan fingerprint density at radius 3 is 2.46 bits per heavy atom. The third kappa shape index (κ3) is 4.63. The van der Waals surface area contributed by atoms with Gasteiger partial charge in [0.25, 0.3) is 0 Å². The van der Waals surface area contributed by atoms with Gasteiger partial charge in [-0.05, 0) is 36.8 Å². The second-order valence-corrected chi connectivity index (χ2v) is 9.29. The number of nitrogens with zero attached hydrogens (tertiary/aromatic N) is 1. The molecule has 2 heterocycles. The summed E-state index contributed by atoms with van der Waals surface area (Å²) in [5.74, 6) is 0. The highest BCUT2D eigenvalue weighted by Gasteiger charge is 2.27. The van der Waals surface area contributed by atoms with E-state index in [4.69, 9.17) is 0 Å². The van der Waals surface area contributed by atoms with Crippen LogP contribution in [-0.2, 0) is 10.0 Å². The normalized spacial score (nSPS) is 17.0. The molecule has 6 nitrogen and oxygen atoms in total.